The summed E-state index contributed by atoms with van der Waals surface area (Å²) in [5.41, 5.74) is 2.27. The van der Waals surface area contributed by atoms with Gasteiger partial charge in [-0.25, -0.2) is 9.67 Å². The Labute approximate surface area is 148 Å². The molecule has 0 radical (unpaired) electrons. The molecule has 4 aromatic heterocycles. The molecular formula is C16H18N8O2. The van der Waals surface area contributed by atoms with E-state index in [-0.39, 0.29) is 5.41 Å². The van der Waals surface area contributed by atoms with Crippen LogP contribution in [0.3, 0.4) is 0 Å². The number of rotatable bonds is 3. The first-order chi connectivity index (χ1) is 12.4. The fourth-order valence-corrected chi connectivity index (χ4v) is 2.93. The van der Waals surface area contributed by atoms with Gasteiger partial charge in [0, 0.05) is 18.7 Å². The van der Waals surface area contributed by atoms with E-state index >= 15 is 0 Å². The molecule has 0 spiro atoms. The van der Waals surface area contributed by atoms with Crippen molar-refractivity contribution in [2.75, 3.05) is 7.11 Å². The van der Waals surface area contributed by atoms with Crippen molar-refractivity contribution in [1.82, 2.24) is 39.7 Å². The second kappa shape index (κ2) is 5.61. The summed E-state index contributed by atoms with van der Waals surface area (Å²) < 4.78 is 13.9. The van der Waals surface area contributed by atoms with Gasteiger partial charge in [-0.05, 0) is 5.41 Å². The van der Waals surface area contributed by atoms with Crippen molar-refractivity contribution in [1.29, 1.82) is 0 Å². The summed E-state index contributed by atoms with van der Waals surface area (Å²) in [6.07, 6.45) is 2.96. The van der Waals surface area contributed by atoms with Gasteiger partial charge < -0.3 is 9.26 Å². The normalized spacial score (nSPS) is 12.0. The van der Waals surface area contributed by atoms with Crippen molar-refractivity contribution in [3.8, 4) is 28.8 Å². The third-order valence-corrected chi connectivity index (χ3v) is 4.05. The van der Waals surface area contributed by atoms with E-state index in [9.17, 15) is 0 Å². The van der Waals surface area contributed by atoms with Crippen molar-refractivity contribution < 1.29 is 9.26 Å². The monoisotopic (exact) mass is 354 g/mol. The molecule has 0 aliphatic heterocycles. The molecule has 0 aliphatic rings. The molecule has 0 atom stereocenters. The smallest absolute Gasteiger partial charge is 0.220 e. The third kappa shape index (κ3) is 2.33. The van der Waals surface area contributed by atoms with Gasteiger partial charge in [-0.1, -0.05) is 25.9 Å². The maximum absolute atomic E-state index is 5.73. The minimum Gasteiger partial charge on any atom is -0.492 e. The maximum atomic E-state index is 5.73. The molecule has 0 saturated heterocycles. The molecule has 0 unspecified atom stereocenters. The molecule has 134 valence electrons. The van der Waals surface area contributed by atoms with Crippen molar-refractivity contribution in [2.24, 2.45) is 7.05 Å². The van der Waals surface area contributed by atoms with Gasteiger partial charge in [0.25, 0.3) is 0 Å². The molecule has 10 heteroatoms. The van der Waals surface area contributed by atoms with Crippen LogP contribution in [-0.4, -0.2) is 46.8 Å². The van der Waals surface area contributed by atoms with E-state index < -0.39 is 0 Å². The zero-order valence-electron chi connectivity index (χ0n) is 15.1. The van der Waals surface area contributed by atoms with E-state index in [1.807, 2.05) is 7.05 Å². The first-order valence-corrected chi connectivity index (χ1v) is 8.01. The Kier molecular flexibility index (Phi) is 3.49. The summed E-state index contributed by atoms with van der Waals surface area (Å²) in [5.74, 6) is 1.67. The number of methoxy groups -OCH3 is 1. The molecule has 0 N–H and O–H groups in total. The number of fused-ring (bicyclic) bond motifs is 1. The van der Waals surface area contributed by atoms with Crippen LogP contribution in [0.2, 0.25) is 0 Å². The Morgan fingerprint density at radius 1 is 1.15 bits per heavy atom. The second-order valence-corrected chi connectivity index (χ2v) is 6.86. The second-order valence-electron chi connectivity index (χ2n) is 6.86. The predicted molar refractivity (Wildman–Crippen MR) is 91.5 cm³/mol. The topological polar surface area (TPSA) is 109 Å². The first kappa shape index (κ1) is 16.2. The van der Waals surface area contributed by atoms with Gasteiger partial charge >= 0.3 is 0 Å². The molecule has 4 rings (SSSR count). The Hall–Kier alpha value is -3.30. The highest BCUT2D eigenvalue weighted by Gasteiger charge is 2.31. The van der Waals surface area contributed by atoms with Gasteiger partial charge in [0.1, 0.15) is 18.3 Å². The fourth-order valence-electron chi connectivity index (χ4n) is 2.93. The van der Waals surface area contributed by atoms with E-state index in [4.69, 9.17) is 14.4 Å². The van der Waals surface area contributed by atoms with Gasteiger partial charge in [0.2, 0.25) is 11.5 Å². The zero-order chi connectivity index (χ0) is 18.5. The zero-order valence-corrected chi connectivity index (χ0v) is 15.1. The van der Waals surface area contributed by atoms with Crippen LogP contribution < -0.4 is 4.74 Å². The van der Waals surface area contributed by atoms with Gasteiger partial charge in [0.15, 0.2) is 17.3 Å². The highest BCUT2D eigenvalue weighted by atomic mass is 16.5. The molecule has 0 aliphatic carbocycles. The lowest BCUT2D eigenvalue weighted by Gasteiger charge is -2.24. The van der Waals surface area contributed by atoms with Crippen molar-refractivity contribution in [3.05, 3.63) is 24.2 Å². The molecular weight excluding hydrogens is 336 g/mol. The van der Waals surface area contributed by atoms with Crippen LogP contribution in [0.1, 0.15) is 26.3 Å². The average molecular weight is 354 g/mol. The SMILES string of the molecule is COc1c(C(C)(C)C)c(-c2ncnn2C)nn2c(-c3ccon3)nnc12. The molecule has 0 aromatic carbocycles. The summed E-state index contributed by atoms with van der Waals surface area (Å²) in [7, 11) is 3.42. The van der Waals surface area contributed by atoms with Gasteiger partial charge in [-0.15, -0.1) is 10.2 Å². The predicted octanol–water partition coefficient (Wildman–Crippen LogP) is 1.88. The molecule has 0 fully saturated rings. The van der Waals surface area contributed by atoms with E-state index in [0.29, 0.717) is 34.4 Å². The minimum atomic E-state index is -0.276. The molecule has 4 aromatic rings. The standard InChI is InChI=1S/C16H18N8O2/c1-16(2,3)10-11(14-17-8-18-23(14)4)21-24-13(9-6-7-26-22-9)19-20-15(24)12(10)25-5/h6-8H,1-5H3. The Bertz CT molecular complexity index is 1070. The molecule has 10 nitrogen and oxygen atoms in total. The molecule has 0 bridgehead atoms. The lowest BCUT2D eigenvalue weighted by Crippen LogP contribution is -2.19. The summed E-state index contributed by atoms with van der Waals surface area (Å²) in [5, 5.41) is 21.4. The summed E-state index contributed by atoms with van der Waals surface area (Å²) in [6, 6.07) is 1.70. The Morgan fingerprint density at radius 2 is 1.96 bits per heavy atom. The number of hydrogen-bond donors (Lipinski definition) is 0. The number of aryl methyl sites for hydroxylation is 1. The number of hydrogen-bond acceptors (Lipinski definition) is 8. The summed E-state index contributed by atoms with van der Waals surface area (Å²) in [4.78, 5) is 4.36. The highest BCUT2D eigenvalue weighted by Crippen LogP contribution is 2.40. The molecule has 0 amide bonds. The van der Waals surface area contributed by atoms with E-state index in [1.54, 1.807) is 22.4 Å². The first-order valence-electron chi connectivity index (χ1n) is 8.01. The van der Waals surface area contributed by atoms with Gasteiger partial charge in [0.05, 0.1) is 7.11 Å². The number of aromatic nitrogens is 8. The molecule has 4 heterocycles. The number of ether oxygens (including phenoxy) is 1. The quantitative estimate of drug-likeness (QED) is 0.548. The fraction of sp³-hybridized carbons (Fsp3) is 0.375. The van der Waals surface area contributed by atoms with Crippen LogP contribution in [-0.2, 0) is 12.5 Å². The third-order valence-electron chi connectivity index (χ3n) is 4.05. The van der Waals surface area contributed by atoms with Crippen LogP contribution in [0, 0.1) is 0 Å². The largest absolute Gasteiger partial charge is 0.492 e. The lowest BCUT2D eigenvalue weighted by atomic mass is 9.85. The van der Waals surface area contributed by atoms with E-state index in [2.05, 4.69) is 46.2 Å². The van der Waals surface area contributed by atoms with Crippen LogP contribution in [0.4, 0.5) is 0 Å². The van der Waals surface area contributed by atoms with Gasteiger partial charge in [-0.2, -0.15) is 14.7 Å². The minimum absolute atomic E-state index is 0.276. The van der Waals surface area contributed by atoms with Crippen molar-refractivity contribution in [3.63, 3.8) is 0 Å². The lowest BCUT2D eigenvalue weighted by molar-refractivity contribution is 0.398. The summed E-state index contributed by atoms with van der Waals surface area (Å²) in [6.45, 7) is 6.24. The van der Waals surface area contributed by atoms with Gasteiger partial charge in [-0.3, -0.25) is 0 Å². The van der Waals surface area contributed by atoms with Crippen LogP contribution >= 0.6 is 0 Å². The molecule has 26 heavy (non-hydrogen) atoms. The Balaban J connectivity index is 2.13. The van der Waals surface area contributed by atoms with Crippen LogP contribution in [0.25, 0.3) is 28.7 Å². The average Bonchev–Trinajstić information content (AvgIpc) is 3.31. The number of nitrogens with zero attached hydrogens (tertiary/aromatic N) is 8. The maximum Gasteiger partial charge on any atom is 0.220 e. The van der Waals surface area contributed by atoms with Crippen LogP contribution in [0.5, 0.6) is 5.75 Å². The highest BCUT2D eigenvalue weighted by molar-refractivity contribution is 5.71. The summed E-state index contributed by atoms with van der Waals surface area (Å²) >= 11 is 0. The van der Waals surface area contributed by atoms with Crippen LogP contribution in [0.15, 0.2) is 23.2 Å². The van der Waals surface area contributed by atoms with Crippen molar-refractivity contribution in [2.45, 2.75) is 26.2 Å². The Morgan fingerprint density at radius 3 is 2.54 bits per heavy atom. The van der Waals surface area contributed by atoms with E-state index in [1.165, 1.54) is 12.6 Å². The molecule has 0 saturated carbocycles. The van der Waals surface area contributed by atoms with Crippen molar-refractivity contribution >= 4 is 5.65 Å². The van der Waals surface area contributed by atoms with E-state index in [0.717, 1.165) is 5.56 Å².